The Morgan fingerprint density at radius 3 is 2.89 bits per heavy atom. The molecule has 1 atom stereocenters. The van der Waals surface area contributed by atoms with Gasteiger partial charge in [-0.1, -0.05) is 13.0 Å². The van der Waals surface area contributed by atoms with Gasteiger partial charge < -0.3 is 5.73 Å². The summed E-state index contributed by atoms with van der Waals surface area (Å²) in [4.78, 5) is 0. The third-order valence-electron chi connectivity index (χ3n) is 3.37. The third kappa shape index (κ3) is 2.38. The molecule has 0 saturated heterocycles. The lowest BCUT2D eigenvalue weighted by Gasteiger charge is -2.32. The first-order valence-electron chi connectivity index (χ1n) is 6.30. The molecule has 0 radical (unpaired) electrons. The molecule has 1 heterocycles. The Kier molecular flexibility index (Phi) is 3.67. The van der Waals surface area contributed by atoms with Crippen LogP contribution in [-0.4, -0.2) is 20.2 Å². The summed E-state index contributed by atoms with van der Waals surface area (Å²) in [6, 6.07) is 7.19. The SMILES string of the molecule is CCC(C#N)S(=O)(=O)N1CCCc2ccc(N)cc21. The van der Waals surface area contributed by atoms with E-state index in [0.717, 1.165) is 18.4 Å². The fraction of sp³-hybridized carbons (Fsp3) is 0.462. The fourth-order valence-electron chi connectivity index (χ4n) is 2.34. The molecule has 5 nitrogen and oxygen atoms in total. The first-order chi connectivity index (χ1) is 9.00. The van der Waals surface area contributed by atoms with Crippen LogP contribution in [0.3, 0.4) is 0 Å². The molecular formula is C13H17N3O2S. The molecule has 0 spiro atoms. The Morgan fingerprint density at radius 2 is 2.26 bits per heavy atom. The van der Waals surface area contributed by atoms with Crippen molar-refractivity contribution in [1.29, 1.82) is 5.26 Å². The second-order valence-electron chi connectivity index (χ2n) is 4.63. The summed E-state index contributed by atoms with van der Waals surface area (Å²) in [5, 5.41) is 8.01. The van der Waals surface area contributed by atoms with Gasteiger partial charge in [0.25, 0.3) is 10.0 Å². The van der Waals surface area contributed by atoms with Crippen molar-refractivity contribution in [3.63, 3.8) is 0 Å². The summed E-state index contributed by atoms with van der Waals surface area (Å²) in [5.74, 6) is 0. The summed E-state index contributed by atoms with van der Waals surface area (Å²) in [5.41, 5.74) is 7.87. The van der Waals surface area contributed by atoms with Crippen LogP contribution in [0.25, 0.3) is 0 Å². The normalized spacial score (nSPS) is 16.5. The van der Waals surface area contributed by atoms with Crippen molar-refractivity contribution in [1.82, 2.24) is 0 Å². The topological polar surface area (TPSA) is 87.2 Å². The van der Waals surface area contributed by atoms with E-state index in [0.29, 0.717) is 17.9 Å². The van der Waals surface area contributed by atoms with Crippen LogP contribution in [0.1, 0.15) is 25.3 Å². The van der Waals surface area contributed by atoms with Gasteiger partial charge in [-0.05, 0) is 37.0 Å². The van der Waals surface area contributed by atoms with E-state index in [2.05, 4.69) is 0 Å². The quantitative estimate of drug-likeness (QED) is 0.852. The lowest BCUT2D eigenvalue weighted by molar-refractivity contribution is 0.578. The molecule has 1 aromatic rings. The van der Waals surface area contributed by atoms with Gasteiger partial charge >= 0.3 is 0 Å². The molecular weight excluding hydrogens is 262 g/mol. The predicted octanol–water partition coefficient (Wildman–Crippen LogP) is 1.65. The molecule has 102 valence electrons. The number of nitrogen functional groups attached to an aromatic ring is 1. The molecule has 1 aliphatic heterocycles. The number of nitriles is 1. The van der Waals surface area contributed by atoms with E-state index in [1.165, 1.54) is 4.31 Å². The minimum atomic E-state index is -3.64. The average molecular weight is 279 g/mol. The number of anilines is 2. The number of sulfonamides is 1. The molecule has 1 aromatic carbocycles. The van der Waals surface area contributed by atoms with E-state index in [1.54, 1.807) is 19.1 Å². The minimum absolute atomic E-state index is 0.285. The second-order valence-corrected chi connectivity index (χ2v) is 6.67. The van der Waals surface area contributed by atoms with E-state index in [9.17, 15) is 8.42 Å². The predicted molar refractivity (Wildman–Crippen MR) is 75.1 cm³/mol. The van der Waals surface area contributed by atoms with Crippen LogP contribution in [0, 0.1) is 11.3 Å². The van der Waals surface area contributed by atoms with Crippen LogP contribution in [0.4, 0.5) is 11.4 Å². The highest BCUT2D eigenvalue weighted by Gasteiger charge is 2.33. The van der Waals surface area contributed by atoms with Gasteiger partial charge in [0, 0.05) is 12.2 Å². The van der Waals surface area contributed by atoms with Gasteiger partial charge in [0.2, 0.25) is 0 Å². The second kappa shape index (κ2) is 5.10. The van der Waals surface area contributed by atoms with Crippen molar-refractivity contribution >= 4 is 21.4 Å². The van der Waals surface area contributed by atoms with Crippen LogP contribution in [-0.2, 0) is 16.4 Å². The van der Waals surface area contributed by atoms with Crippen LogP contribution in [0.5, 0.6) is 0 Å². The monoisotopic (exact) mass is 279 g/mol. The Bertz CT molecular complexity index is 619. The van der Waals surface area contributed by atoms with Crippen molar-refractivity contribution in [2.24, 2.45) is 0 Å². The number of hydrogen-bond acceptors (Lipinski definition) is 4. The standard InChI is InChI=1S/C13H17N3O2S/c1-2-12(9-14)19(17,18)16-7-3-4-10-5-6-11(15)8-13(10)16/h5-6,8,12H,2-4,7,15H2,1H3. The first kappa shape index (κ1) is 13.7. The van der Waals surface area contributed by atoms with Crippen molar-refractivity contribution in [3.05, 3.63) is 23.8 Å². The highest BCUT2D eigenvalue weighted by Crippen LogP contribution is 2.32. The number of nitrogens with zero attached hydrogens (tertiary/aromatic N) is 2. The maximum atomic E-state index is 12.5. The lowest BCUT2D eigenvalue weighted by atomic mass is 10.0. The molecule has 2 rings (SSSR count). The number of aryl methyl sites for hydroxylation is 1. The number of rotatable bonds is 3. The Hall–Kier alpha value is -1.74. The smallest absolute Gasteiger partial charge is 0.251 e. The van der Waals surface area contributed by atoms with E-state index < -0.39 is 15.3 Å². The van der Waals surface area contributed by atoms with Crippen LogP contribution in [0.15, 0.2) is 18.2 Å². The Labute approximate surface area is 113 Å². The summed E-state index contributed by atoms with van der Waals surface area (Å²) in [7, 11) is -3.64. The largest absolute Gasteiger partial charge is 0.399 e. The average Bonchev–Trinajstić information content (AvgIpc) is 2.38. The number of nitrogens with two attached hydrogens (primary N) is 1. The van der Waals surface area contributed by atoms with Gasteiger partial charge in [-0.15, -0.1) is 0 Å². The van der Waals surface area contributed by atoms with Crippen LogP contribution < -0.4 is 10.0 Å². The van der Waals surface area contributed by atoms with Gasteiger partial charge in [-0.3, -0.25) is 4.31 Å². The maximum absolute atomic E-state index is 12.5. The van der Waals surface area contributed by atoms with Crippen molar-refractivity contribution < 1.29 is 8.42 Å². The Morgan fingerprint density at radius 1 is 1.53 bits per heavy atom. The molecule has 0 aromatic heterocycles. The number of benzene rings is 1. The molecule has 0 saturated carbocycles. The number of fused-ring (bicyclic) bond motifs is 1. The molecule has 0 amide bonds. The van der Waals surface area contributed by atoms with Gasteiger partial charge in [0.1, 0.15) is 0 Å². The van der Waals surface area contributed by atoms with E-state index >= 15 is 0 Å². The summed E-state index contributed by atoms with van der Waals surface area (Å²) in [6.45, 7) is 2.12. The molecule has 0 fully saturated rings. The molecule has 0 aliphatic carbocycles. The molecule has 6 heteroatoms. The van der Waals surface area contributed by atoms with Crippen LogP contribution in [0.2, 0.25) is 0 Å². The number of hydrogen-bond donors (Lipinski definition) is 1. The molecule has 1 unspecified atom stereocenters. The zero-order valence-electron chi connectivity index (χ0n) is 10.8. The maximum Gasteiger partial charge on any atom is 0.251 e. The van der Waals surface area contributed by atoms with Crippen molar-refractivity contribution in [3.8, 4) is 6.07 Å². The fourth-order valence-corrected chi connectivity index (χ4v) is 4.03. The van der Waals surface area contributed by atoms with E-state index in [-0.39, 0.29) is 6.42 Å². The highest BCUT2D eigenvalue weighted by atomic mass is 32.2. The van der Waals surface area contributed by atoms with E-state index in [4.69, 9.17) is 11.0 Å². The van der Waals surface area contributed by atoms with Crippen molar-refractivity contribution in [2.45, 2.75) is 31.4 Å². The summed E-state index contributed by atoms with van der Waals surface area (Å²) in [6.07, 6.45) is 1.88. The Balaban J connectivity index is 2.50. The zero-order valence-corrected chi connectivity index (χ0v) is 11.7. The van der Waals surface area contributed by atoms with Crippen molar-refractivity contribution in [2.75, 3.05) is 16.6 Å². The van der Waals surface area contributed by atoms with Gasteiger partial charge in [-0.2, -0.15) is 5.26 Å². The zero-order chi connectivity index (χ0) is 14.0. The van der Waals surface area contributed by atoms with Gasteiger partial charge in [-0.25, -0.2) is 8.42 Å². The first-order valence-corrected chi connectivity index (χ1v) is 7.80. The minimum Gasteiger partial charge on any atom is -0.399 e. The molecule has 2 N–H and O–H groups in total. The van der Waals surface area contributed by atoms with Gasteiger partial charge in [0.15, 0.2) is 5.25 Å². The van der Waals surface area contributed by atoms with E-state index in [1.807, 2.05) is 12.1 Å². The lowest BCUT2D eigenvalue weighted by Crippen LogP contribution is -2.41. The summed E-state index contributed by atoms with van der Waals surface area (Å²) >= 11 is 0. The third-order valence-corrected chi connectivity index (χ3v) is 5.52. The molecule has 0 bridgehead atoms. The molecule has 1 aliphatic rings. The van der Waals surface area contributed by atoms with Crippen LogP contribution >= 0.6 is 0 Å². The summed E-state index contributed by atoms with van der Waals surface area (Å²) < 4.78 is 26.3. The van der Waals surface area contributed by atoms with Gasteiger partial charge in [0.05, 0.1) is 11.8 Å². The molecule has 19 heavy (non-hydrogen) atoms. The highest BCUT2D eigenvalue weighted by molar-refractivity contribution is 7.93.